The Balaban J connectivity index is 1.85. The normalized spacial score (nSPS) is 13.2. The molecule has 108 valence electrons. The smallest absolute Gasteiger partial charge is 0.269 e. The fraction of sp³-hybridized carbons (Fsp3) is 0.250. The predicted molar refractivity (Wildman–Crippen MR) is 84.4 cm³/mol. The molecule has 1 aliphatic rings. The van der Waals surface area contributed by atoms with Gasteiger partial charge in [0.15, 0.2) is 0 Å². The number of nitro benzene ring substituents is 1. The van der Waals surface area contributed by atoms with Crippen LogP contribution in [0.1, 0.15) is 17.5 Å². The second-order valence-electron chi connectivity index (χ2n) is 5.28. The van der Waals surface area contributed by atoms with Crippen LogP contribution in [0.4, 0.5) is 22.7 Å². The number of nitrogens with one attached hydrogen (secondary N) is 2. The van der Waals surface area contributed by atoms with Crippen LogP contribution in [0.2, 0.25) is 0 Å². The summed E-state index contributed by atoms with van der Waals surface area (Å²) in [4.78, 5) is 10.4. The largest absolute Gasteiger partial charge is 0.385 e. The first kappa shape index (κ1) is 13.4. The van der Waals surface area contributed by atoms with Gasteiger partial charge in [-0.2, -0.15) is 0 Å². The molecule has 0 bridgehead atoms. The molecule has 0 saturated carbocycles. The first-order valence-electron chi connectivity index (χ1n) is 7.02. The number of nitrogens with zero attached hydrogens (tertiary/aromatic N) is 1. The summed E-state index contributed by atoms with van der Waals surface area (Å²) >= 11 is 0. The molecule has 1 aliphatic heterocycles. The standard InChI is InChI=1S/C16H17N3O2/c1-11-9-14(19(20)21)5-7-15(11)18-13-4-6-16-12(10-13)3-2-8-17-16/h4-7,9-10,17-18H,2-3,8H2,1H3. The van der Waals surface area contributed by atoms with Crippen LogP contribution in [-0.4, -0.2) is 11.5 Å². The highest BCUT2D eigenvalue weighted by atomic mass is 16.6. The van der Waals surface area contributed by atoms with Gasteiger partial charge < -0.3 is 10.6 Å². The maximum absolute atomic E-state index is 10.8. The number of non-ortho nitro benzene ring substituents is 1. The summed E-state index contributed by atoms with van der Waals surface area (Å²) in [7, 11) is 0. The van der Waals surface area contributed by atoms with Gasteiger partial charge in [-0.05, 0) is 55.2 Å². The second kappa shape index (κ2) is 5.44. The highest BCUT2D eigenvalue weighted by Gasteiger charge is 2.11. The third-order valence-corrected chi connectivity index (χ3v) is 3.74. The lowest BCUT2D eigenvalue weighted by atomic mass is 10.0. The SMILES string of the molecule is Cc1cc([N+](=O)[O-])ccc1Nc1ccc2c(c1)CCCN2. The first-order valence-corrected chi connectivity index (χ1v) is 7.02. The molecule has 0 aromatic heterocycles. The zero-order chi connectivity index (χ0) is 14.8. The van der Waals surface area contributed by atoms with Crippen molar-refractivity contribution in [1.29, 1.82) is 0 Å². The van der Waals surface area contributed by atoms with E-state index in [0.717, 1.165) is 36.3 Å². The summed E-state index contributed by atoms with van der Waals surface area (Å²) in [5.74, 6) is 0. The van der Waals surface area contributed by atoms with Crippen molar-refractivity contribution in [1.82, 2.24) is 0 Å². The van der Waals surface area contributed by atoms with Gasteiger partial charge in [0.25, 0.3) is 5.69 Å². The van der Waals surface area contributed by atoms with E-state index in [1.54, 1.807) is 12.1 Å². The monoisotopic (exact) mass is 283 g/mol. The maximum atomic E-state index is 10.8. The second-order valence-corrected chi connectivity index (χ2v) is 5.28. The predicted octanol–water partition coefficient (Wildman–Crippen LogP) is 4.00. The summed E-state index contributed by atoms with van der Waals surface area (Å²) < 4.78 is 0. The van der Waals surface area contributed by atoms with Gasteiger partial charge in [0, 0.05) is 35.7 Å². The molecule has 0 atom stereocenters. The minimum Gasteiger partial charge on any atom is -0.385 e. The molecule has 0 unspecified atom stereocenters. The highest BCUT2D eigenvalue weighted by molar-refractivity contribution is 5.68. The van der Waals surface area contributed by atoms with Gasteiger partial charge in [-0.3, -0.25) is 10.1 Å². The van der Waals surface area contributed by atoms with Crippen LogP contribution in [-0.2, 0) is 6.42 Å². The Morgan fingerprint density at radius 3 is 2.86 bits per heavy atom. The zero-order valence-electron chi connectivity index (χ0n) is 11.8. The van der Waals surface area contributed by atoms with Crippen molar-refractivity contribution in [3.05, 3.63) is 57.6 Å². The number of hydrogen-bond acceptors (Lipinski definition) is 4. The quantitative estimate of drug-likeness (QED) is 0.660. The third-order valence-electron chi connectivity index (χ3n) is 3.74. The van der Waals surface area contributed by atoms with Gasteiger partial charge >= 0.3 is 0 Å². The van der Waals surface area contributed by atoms with Crippen LogP contribution in [0, 0.1) is 17.0 Å². The molecule has 0 aliphatic carbocycles. The summed E-state index contributed by atoms with van der Waals surface area (Å²) in [5.41, 5.74) is 5.39. The van der Waals surface area contributed by atoms with Gasteiger partial charge in [-0.1, -0.05) is 0 Å². The first-order chi connectivity index (χ1) is 10.1. The molecule has 1 heterocycles. The van der Waals surface area contributed by atoms with Crippen molar-refractivity contribution in [3.8, 4) is 0 Å². The number of fused-ring (bicyclic) bond motifs is 1. The fourth-order valence-electron chi connectivity index (χ4n) is 2.61. The number of nitro groups is 1. The topological polar surface area (TPSA) is 67.2 Å². The van der Waals surface area contributed by atoms with Gasteiger partial charge in [0.1, 0.15) is 0 Å². The number of benzene rings is 2. The molecule has 3 rings (SSSR count). The van der Waals surface area contributed by atoms with Crippen LogP contribution in [0.15, 0.2) is 36.4 Å². The molecule has 5 heteroatoms. The number of anilines is 3. The van der Waals surface area contributed by atoms with Gasteiger partial charge in [-0.15, -0.1) is 0 Å². The van der Waals surface area contributed by atoms with E-state index in [1.165, 1.54) is 17.3 Å². The van der Waals surface area contributed by atoms with Crippen molar-refractivity contribution < 1.29 is 4.92 Å². The molecule has 0 saturated heterocycles. The van der Waals surface area contributed by atoms with Gasteiger partial charge in [0.2, 0.25) is 0 Å². The van der Waals surface area contributed by atoms with E-state index in [2.05, 4.69) is 22.8 Å². The van der Waals surface area contributed by atoms with Crippen molar-refractivity contribution >= 4 is 22.7 Å². The van der Waals surface area contributed by atoms with E-state index < -0.39 is 0 Å². The van der Waals surface area contributed by atoms with E-state index >= 15 is 0 Å². The Bertz CT molecular complexity index is 698. The number of rotatable bonds is 3. The molecule has 2 N–H and O–H groups in total. The third kappa shape index (κ3) is 2.81. The minimum atomic E-state index is -0.374. The van der Waals surface area contributed by atoms with Crippen LogP contribution < -0.4 is 10.6 Å². The molecule has 2 aromatic carbocycles. The molecule has 0 fully saturated rings. The average molecular weight is 283 g/mol. The molecule has 0 radical (unpaired) electrons. The van der Waals surface area contributed by atoms with Crippen molar-refractivity contribution in [3.63, 3.8) is 0 Å². The molecular weight excluding hydrogens is 266 g/mol. The fourth-order valence-corrected chi connectivity index (χ4v) is 2.61. The molecule has 5 nitrogen and oxygen atoms in total. The molecule has 21 heavy (non-hydrogen) atoms. The highest BCUT2D eigenvalue weighted by Crippen LogP contribution is 2.29. The lowest BCUT2D eigenvalue weighted by Gasteiger charge is -2.19. The molecule has 0 amide bonds. The lowest BCUT2D eigenvalue weighted by Crippen LogP contribution is -2.11. The molecular formula is C16H17N3O2. The summed E-state index contributed by atoms with van der Waals surface area (Å²) in [6.07, 6.45) is 2.23. The van der Waals surface area contributed by atoms with E-state index in [1.807, 2.05) is 13.0 Å². The number of hydrogen-bond donors (Lipinski definition) is 2. The van der Waals surface area contributed by atoms with Crippen LogP contribution in [0.5, 0.6) is 0 Å². The van der Waals surface area contributed by atoms with E-state index in [-0.39, 0.29) is 10.6 Å². The van der Waals surface area contributed by atoms with E-state index in [4.69, 9.17) is 0 Å². The maximum Gasteiger partial charge on any atom is 0.269 e. The average Bonchev–Trinajstić information content (AvgIpc) is 2.49. The van der Waals surface area contributed by atoms with Crippen LogP contribution in [0.25, 0.3) is 0 Å². The minimum absolute atomic E-state index is 0.118. The summed E-state index contributed by atoms with van der Waals surface area (Å²) in [6.45, 7) is 2.90. The number of aryl methyl sites for hydroxylation is 2. The van der Waals surface area contributed by atoms with Gasteiger partial charge in [-0.25, -0.2) is 0 Å². The summed E-state index contributed by atoms with van der Waals surface area (Å²) in [6, 6.07) is 11.1. The summed E-state index contributed by atoms with van der Waals surface area (Å²) in [5, 5.41) is 17.5. The van der Waals surface area contributed by atoms with Crippen molar-refractivity contribution in [2.75, 3.05) is 17.2 Å². The lowest BCUT2D eigenvalue weighted by molar-refractivity contribution is -0.384. The Morgan fingerprint density at radius 2 is 2.10 bits per heavy atom. The van der Waals surface area contributed by atoms with E-state index in [9.17, 15) is 10.1 Å². The van der Waals surface area contributed by atoms with Crippen molar-refractivity contribution in [2.24, 2.45) is 0 Å². The van der Waals surface area contributed by atoms with Crippen LogP contribution >= 0.6 is 0 Å². The van der Waals surface area contributed by atoms with Gasteiger partial charge in [0.05, 0.1) is 4.92 Å². The van der Waals surface area contributed by atoms with Crippen molar-refractivity contribution in [2.45, 2.75) is 19.8 Å². The Labute approximate surface area is 123 Å². The Morgan fingerprint density at radius 1 is 1.24 bits per heavy atom. The Kier molecular flexibility index (Phi) is 3.48. The van der Waals surface area contributed by atoms with E-state index in [0.29, 0.717) is 0 Å². The zero-order valence-corrected chi connectivity index (χ0v) is 11.8. The molecule has 2 aromatic rings. The Hall–Kier alpha value is -2.56. The molecule has 0 spiro atoms. The van der Waals surface area contributed by atoms with Crippen LogP contribution in [0.3, 0.4) is 0 Å².